The Morgan fingerprint density at radius 3 is 2.32 bits per heavy atom. The van der Waals surface area contributed by atoms with Gasteiger partial charge in [0, 0.05) is 16.9 Å². The second-order valence-electron chi connectivity index (χ2n) is 3.57. The fourth-order valence-corrected chi connectivity index (χ4v) is 5.32. The number of halogens is 4. The summed E-state index contributed by atoms with van der Waals surface area (Å²) in [5, 5.41) is 3.27. The smallest absolute Gasteiger partial charge is 0.257 e. The lowest BCUT2D eigenvalue weighted by atomic mass is 10.2. The molecule has 0 spiro atoms. The summed E-state index contributed by atoms with van der Waals surface area (Å²) in [4.78, 5) is 16.0. The lowest BCUT2D eigenvalue weighted by Gasteiger charge is -2.10. The molecule has 1 heterocycles. The summed E-state index contributed by atoms with van der Waals surface area (Å²) in [6.07, 6.45) is 1.46. The molecule has 1 aromatic heterocycles. The van der Waals surface area contributed by atoms with E-state index >= 15 is 0 Å². The summed E-state index contributed by atoms with van der Waals surface area (Å²) >= 11 is 12.4. The van der Waals surface area contributed by atoms with Crippen LogP contribution in [0.15, 0.2) is 30.5 Å². The molecule has 2 rings (SSSR count). The van der Waals surface area contributed by atoms with Crippen molar-refractivity contribution in [2.24, 2.45) is 0 Å². The maximum atomic E-state index is 12.1. The molecule has 3 nitrogen and oxygen atoms in total. The molecule has 0 saturated heterocycles. The maximum Gasteiger partial charge on any atom is 0.257 e. The third-order valence-corrected chi connectivity index (χ3v) is 4.78. The van der Waals surface area contributed by atoms with Gasteiger partial charge in [-0.3, -0.25) is 4.79 Å². The zero-order chi connectivity index (χ0) is 14.0. The van der Waals surface area contributed by atoms with Crippen LogP contribution in [0.5, 0.6) is 0 Å². The number of carbonyl (C=O) groups is 1. The highest BCUT2D eigenvalue weighted by atomic mass is 127. The number of rotatable bonds is 2. The molecule has 0 radical (unpaired) electrons. The summed E-state index contributed by atoms with van der Waals surface area (Å²) in [5.41, 5.74) is 1.30. The Bertz CT molecular complexity index is 608. The zero-order valence-electron chi connectivity index (χ0n) is 9.25. The molecule has 0 atom stereocenters. The number of hydrogen-bond acceptors (Lipinski definition) is 2. The summed E-state index contributed by atoms with van der Waals surface area (Å²) in [5.74, 6) is -0.193. The molecule has 1 N–H and O–H groups in total. The minimum absolute atomic E-state index is 0.193. The number of nitrogens with zero attached hydrogens (tertiary/aromatic N) is 1. The first-order valence-corrected chi connectivity index (χ1v) is 8.66. The Morgan fingerprint density at radius 2 is 1.79 bits per heavy atom. The first kappa shape index (κ1) is 15.7. The molecule has 0 aliphatic rings. The number of amides is 1. The summed E-state index contributed by atoms with van der Waals surface area (Å²) < 4.78 is 3.14. The van der Waals surface area contributed by atoms with Crippen molar-refractivity contribution in [2.45, 2.75) is 0 Å². The van der Waals surface area contributed by atoms with Gasteiger partial charge >= 0.3 is 0 Å². The fraction of sp³-hybridized carbons (Fsp3) is 0. The van der Waals surface area contributed by atoms with Gasteiger partial charge in [0.25, 0.3) is 5.91 Å². The van der Waals surface area contributed by atoms with Crippen LogP contribution in [0.3, 0.4) is 0 Å². The van der Waals surface area contributed by atoms with Crippen LogP contribution in [0.25, 0.3) is 0 Å². The van der Waals surface area contributed by atoms with Crippen LogP contribution in [-0.2, 0) is 0 Å². The van der Waals surface area contributed by atoms with E-state index < -0.39 is 0 Å². The molecular weight excluding hydrogens is 604 g/mol. The Hall–Kier alpha value is 0.320. The maximum absolute atomic E-state index is 12.1. The van der Waals surface area contributed by atoms with Gasteiger partial charge in [0.15, 0.2) is 0 Å². The number of nitrogens with one attached hydrogen (secondary N) is 1. The van der Waals surface area contributed by atoms with Crippen molar-refractivity contribution in [1.29, 1.82) is 0 Å². The fourth-order valence-electron chi connectivity index (χ4n) is 1.36. The van der Waals surface area contributed by atoms with E-state index in [1.54, 1.807) is 12.1 Å². The molecule has 1 aromatic carbocycles. The van der Waals surface area contributed by atoms with E-state index in [-0.39, 0.29) is 5.91 Å². The van der Waals surface area contributed by atoms with Gasteiger partial charge in [0.05, 0.1) is 11.3 Å². The van der Waals surface area contributed by atoms with E-state index in [1.165, 1.54) is 6.20 Å². The lowest BCUT2D eigenvalue weighted by molar-refractivity contribution is 0.102. The van der Waals surface area contributed by atoms with Crippen molar-refractivity contribution in [2.75, 3.05) is 5.32 Å². The second kappa shape index (κ2) is 6.85. The topological polar surface area (TPSA) is 42.0 Å². The molecular formula is C12H6ClI3N2O. The predicted octanol–water partition coefficient (Wildman–Crippen LogP) is 4.80. The molecule has 0 aliphatic carbocycles. The van der Waals surface area contributed by atoms with Crippen molar-refractivity contribution in [3.8, 4) is 0 Å². The minimum Gasteiger partial charge on any atom is -0.320 e. The van der Waals surface area contributed by atoms with Crippen LogP contribution in [0.4, 0.5) is 5.69 Å². The van der Waals surface area contributed by atoms with Crippen LogP contribution in [-0.4, -0.2) is 10.9 Å². The van der Waals surface area contributed by atoms with E-state index in [0.29, 0.717) is 10.7 Å². The number of anilines is 1. The largest absolute Gasteiger partial charge is 0.320 e. The number of aromatic nitrogens is 1. The Balaban J connectivity index is 2.26. The average Bonchev–Trinajstić information content (AvgIpc) is 2.34. The van der Waals surface area contributed by atoms with Crippen LogP contribution in [0.1, 0.15) is 10.4 Å². The van der Waals surface area contributed by atoms with Gasteiger partial charge in [-0.25, -0.2) is 4.98 Å². The number of hydrogen-bond donors (Lipinski definition) is 1. The van der Waals surface area contributed by atoms with Crippen molar-refractivity contribution in [3.63, 3.8) is 0 Å². The molecule has 1 amide bonds. The monoisotopic (exact) mass is 610 g/mol. The van der Waals surface area contributed by atoms with Crippen LogP contribution in [0, 0.1) is 10.7 Å². The standard InChI is InChI=1S/C12H6ClI3N2O/c13-10-2-1-6(5-17-10)12(19)18-11-8(15)3-7(14)4-9(11)16/h1-5H,(H,18,19). The first-order valence-electron chi connectivity index (χ1n) is 5.05. The van der Waals surface area contributed by atoms with Gasteiger partial charge in [0.1, 0.15) is 5.15 Å². The second-order valence-corrected chi connectivity index (χ2v) is 7.53. The van der Waals surface area contributed by atoms with E-state index in [9.17, 15) is 4.79 Å². The number of benzene rings is 1. The molecule has 0 saturated carbocycles. The van der Waals surface area contributed by atoms with Gasteiger partial charge in [-0.15, -0.1) is 0 Å². The molecule has 0 unspecified atom stereocenters. The third kappa shape index (κ3) is 4.14. The van der Waals surface area contributed by atoms with Crippen molar-refractivity contribution in [1.82, 2.24) is 4.98 Å². The highest BCUT2D eigenvalue weighted by Gasteiger charge is 2.12. The van der Waals surface area contributed by atoms with E-state index in [1.807, 2.05) is 12.1 Å². The number of carbonyl (C=O) groups excluding carboxylic acids is 1. The van der Waals surface area contributed by atoms with Gasteiger partial charge in [0.2, 0.25) is 0 Å². The van der Waals surface area contributed by atoms with E-state index in [4.69, 9.17) is 11.6 Å². The van der Waals surface area contributed by atoms with Gasteiger partial charge in [-0.1, -0.05) is 11.6 Å². The van der Waals surface area contributed by atoms with Crippen LogP contribution in [0.2, 0.25) is 5.15 Å². The molecule has 2 aromatic rings. The molecule has 19 heavy (non-hydrogen) atoms. The molecule has 98 valence electrons. The summed E-state index contributed by atoms with van der Waals surface area (Å²) in [6, 6.07) is 7.27. The van der Waals surface area contributed by atoms with E-state index in [0.717, 1.165) is 16.4 Å². The molecule has 0 aliphatic heterocycles. The Morgan fingerprint density at radius 1 is 1.16 bits per heavy atom. The zero-order valence-corrected chi connectivity index (χ0v) is 16.5. The Labute approximate surface area is 156 Å². The summed E-state index contributed by atoms with van der Waals surface area (Å²) in [6.45, 7) is 0. The van der Waals surface area contributed by atoms with Crippen molar-refractivity contribution >= 4 is 91.0 Å². The van der Waals surface area contributed by atoms with Crippen molar-refractivity contribution in [3.05, 3.63) is 51.9 Å². The quantitative estimate of drug-likeness (QED) is 0.393. The molecule has 7 heteroatoms. The van der Waals surface area contributed by atoms with E-state index in [2.05, 4.69) is 78.1 Å². The predicted molar refractivity (Wildman–Crippen MR) is 102 cm³/mol. The van der Waals surface area contributed by atoms with Crippen LogP contribution < -0.4 is 5.32 Å². The van der Waals surface area contributed by atoms with Gasteiger partial charge in [-0.2, -0.15) is 0 Å². The van der Waals surface area contributed by atoms with Crippen molar-refractivity contribution < 1.29 is 4.79 Å². The summed E-state index contributed by atoms with van der Waals surface area (Å²) in [7, 11) is 0. The average molecular weight is 610 g/mol. The first-order chi connectivity index (χ1) is 8.97. The normalized spacial score (nSPS) is 10.3. The SMILES string of the molecule is O=C(Nc1c(I)cc(I)cc1I)c1ccc(Cl)nc1. The minimum atomic E-state index is -0.193. The highest BCUT2D eigenvalue weighted by Crippen LogP contribution is 2.27. The lowest BCUT2D eigenvalue weighted by Crippen LogP contribution is -2.14. The van der Waals surface area contributed by atoms with Gasteiger partial charge < -0.3 is 5.32 Å². The third-order valence-electron chi connectivity index (χ3n) is 2.23. The highest BCUT2D eigenvalue weighted by molar-refractivity contribution is 14.1. The van der Waals surface area contributed by atoms with Crippen LogP contribution >= 0.6 is 79.4 Å². The molecule has 0 fully saturated rings. The Kier molecular flexibility index (Phi) is 5.66. The number of pyridine rings is 1. The van der Waals surface area contributed by atoms with Gasteiger partial charge in [-0.05, 0) is 92.0 Å². The molecule has 0 bridgehead atoms.